The van der Waals surface area contributed by atoms with Gasteiger partial charge in [-0.1, -0.05) is 96.0 Å². The molecule has 0 aliphatic rings. The fourth-order valence-electron chi connectivity index (χ4n) is 4.93. The van der Waals surface area contributed by atoms with Gasteiger partial charge in [-0.05, 0) is 60.0 Å². The van der Waals surface area contributed by atoms with Crippen molar-refractivity contribution in [3.63, 3.8) is 0 Å². The molecule has 1 N–H and O–H groups in total. The second-order valence-corrected chi connectivity index (χ2v) is 13.6. The predicted molar refractivity (Wildman–Crippen MR) is 179 cm³/mol. The largest absolute Gasteiger partial charge is 0.416 e. The molecular formula is C35H35BrF3N3O4S. The van der Waals surface area contributed by atoms with Gasteiger partial charge in [0, 0.05) is 24.0 Å². The Morgan fingerprint density at radius 3 is 2.11 bits per heavy atom. The van der Waals surface area contributed by atoms with Gasteiger partial charge in [0.15, 0.2) is 0 Å². The third kappa shape index (κ3) is 9.68. The first-order chi connectivity index (χ1) is 22.4. The molecule has 4 rings (SSSR count). The van der Waals surface area contributed by atoms with E-state index in [4.69, 9.17) is 0 Å². The topological polar surface area (TPSA) is 86.8 Å². The first-order valence-corrected chi connectivity index (χ1v) is 17.2. The lowest BCUT2D eigenvalue weighted by Gasteiger charge is -2.34. The van der Waals surface area contributed by atoms with E-state index < -0.39 is 46.2 Å². The maximum atomic E-state index is 14.4. The third-order valence-electron chi connectivity index (χ3n) is 7.44. The van der Waals surface area contributed by atoms with Crippen LogP contribution in [0.1, 0.15) is 36.5 Å². The fraction of sp³-hybridized carbons (Fsp3) is 0.257. The van der Waals surface area contributed by atoms with Gasteiger partial charge in [0.25, 0.3) is 10.0 Å². The summed E-state index contributed by atoms with van der Waals surface area (Å²) < 4.78 is 70.7. The summed E-state index contributed by atoms with van der Waals surface area (Å²) in [7, 11) is -4.53. The molecule has 0 heterocycles. The van der Waals surface area contributed by atoms with Crippen molar-refractivity contribution < 1.29 is 31.2 Å². The van der Waals surface area contributed by atoms with Crippen LogP contribution < -0.4 is 9.62 Å². The van der Waals surface area contributed by atoms with Crippen molar-refractivity contribution in [3.8, 4) is 0 Å². The van der Waals surface area contributed by atoms with Crippen molar-refractivity contribution >= 4 is 43.5 Å². The van der Waals surface area contributed by atoms with Crippen LogP contribution in [-0.2, 0) is 38.8 Å². The number of hydrogen-bond donors (Lipinski definition) is 1. The Balaban J connectivity index is 1.82. The number of alkyl halides is 3. The van der Waals surface area contributed by atoms with Crippen LogP contribution in [0.25, 0.3) is 0 Å². The summed E-state index contributed by atoms with van der Waals surface area (Å²) in [5, 5.41) is 2.90. The Labute approximate surface area is 281 Å². The second kappa shape index (κ2) is 16.1. The minimum Gasteiger partial charge on any atom is -0.354 e. The molecule has 0 saturated carbocycles. The van der Waals surface area contributed by atoms with Crippen molar-refractivity contribution in [1.82, 2.24) is 10.2 Å². The van der Waals surface area contributed by atoms with E-state index in [0.29, 0.717) is 28.9 Å². The Kier molecular flexibility index (Phi) is 12.2. The quantitative estimate of drug-likeness (QED) is 0.139. The molecule has 248 valence electrons. The molecule has 0 aliphatic heterocycles. The summed E-state index contributed by atoms with van der Waals surface area (Å²) in [5.41, 5.74) is 0.0215. The average Bonchev–Trinajstić information content (AvgIpc) is 3.06. The highest BCUT2D eigenvalue weighted by Crippen LogP contribution is 2.33. The van der Waals surface area contributed by atoms with Crippen molar-refractivity contribution in [1.29, 1.82) is 0 Å². The highest BCUT2D eigenvalue weighted by atomic mass is 79.9. The summed E-state index contributed by atoms with van der Waals surface area (Å²) in [4.78, 5) is 29.3. The number of nitrogens with one attached hydrogen (secondary N) is 1. The minimum absolute atomic E-state index is 0.0629. The summed E-state index contributed by atoms with van der Waals surface area (Å²) in [6.07, 6.45) is -3.10. The van der Waals surface area contributed by atoms with Crippen LogP contribution >= 0.6 is 15.9 Å². The molecule has 2 amide bonds. The maximum absolute atomic E-state index is 14.4. The number of hydrogen-bond acceptors (Lipinski definition) is 4. The van der Waals surface area contributed by atoms with E-state index in [1.54, 1.807) is 30.3 Å². The van der Waals surface area contributed by atoms with E-state index in [-0.39, 0.29) is 23.5 Å². The highest BCUT2D eigenvalue weighted by Gasteiger charge is 2.36. The van der Waals surface area contributed by atoms with E-state index in [1.165, 1.54) is 35.2 Å². The molecule has 0 aliphatic carbocycles. The van der Waals surface area contributed by atoms with E-state index in [1.807, 2.05) is 37.3 Å². The standard InChI is InChI=1S/C35H35BrF3N3O4S/c1-2-3-21-40-34(44)32(22-26-11-6-4-7-12-26)41(24-27-17-19-29(36)20-18-27)33(43)25-42(47(45,46)31-15-8-5-9-16-31)30-14-10-13-28(23-30)35(37,38)39/h4-20,23,32H,2-3,21-22,24-25H2,1H3,(H,40,44). The number of halogens is 4. The molecule has 0 aromatic heterocycles. The molecular weight excluding hydrogens is 695 g/mol. The number of anilines is 1. The van der Waals surface area contributed by atoms with Gasteiger partial charge >= 0.3 is 6.18 Å². The van der Waals surface area contributed by atoms with Gasteiger partial charge < -0.3 is 10.2 Å². The molecule has 47 heavy (non-hydrogen) atoms. The van der Waals surface area contributed by atoms with Gasteiger partial charge in [0.1, 0.15) is 12.6 Å². The Bertz CT molecular complexity index is 1740. The minimum atomic E-state index is -4.76. The smallest absolute Gasteiger partial charge is 0.354 e. The molecule has 0 saturated heterocycles. The number of sulfonamides is 1. The van der Waals surface area contributed by atoms with Gasteiger partial charge in [-0.3, -0.25) is 13.9 Å². The van der Waals surface area contributed by atoms with Gasteiger partial charge in [-0.25, -0.2) is 8.42 Å². The second-order valence-electron chi connectivity index (χ2n) is 10.9. The van der Waals surface area contributed by atoms with Crippen LogP contribution in [0.4, 0.5) is 18.9 Å². The summed E-state index contributed by atoms with van der Waals surface area (Å²) in [5.74, 6) is -1.19. The van der Waals surface area contributed by atoms with Crippen LogP contribution in [0.5, 0.6) is 0 Å². The first-order valence-electron chi connectivity index (χ1n) is 15.0. The molecule has 0 fully saturated rings. The van der Waals surface area contributed by atoms with Gasteiger partial charge in [-0.15, -0.1) is 0 Å². The number of rotatable bonds is 14. The van der Waals surface area contributed by atoms with Crippen molar-refractivity contribution in [2.75, 3.05) is 17.4 Å². The lowest BCUT2D eigenvalue weighted by atomic mass is 10.0. The summed E-state index contributed by atoms with van der Waals surface area (Å²) >= 11 is 3.40. The lowest BCUT2D eigenvalue weighted by molar-refractivity contribution is -0.140. The van der Waals surface area contributed by atoms with Crippen LogP contribution in [0.15, 0.2) is 119 Å². The van der Waals surface area contributed by atoms with Gasteiger partial charge in [0.05, 0.1) is 16.1 Å². The molecule has 1 atom stereocenters. The zero-order chi connectivity index (χ0) is 34.0. The van der Waals surface area contributed by atoms with E-state index in [9.17, 15) is 31.2 Å². The number of carbonyl (C=O) groups excluding carboxylic acids is 2. The van der Waals surface area contributed by atoms with E-state index >= 15 is 0 Å². The number of carbonyl (C=O) groups is 2. The van der Waals surface area contributed by atoms with E-state index in [2.05, 4.69) is 21.2 Å². The lowest BCUT2D eigenvalue weighted by Crippen LogP contribution is -2.53. The zero-order valence-electron chi connectivity index (χ0n) is 25.7. The first kappa shape index (κ1) is 35.7. The van der Waals surface area contributed by atoms with Crippen LogP contribution in [-0.4, -0.2) is 44.3 Å². The fourth-order valence-corrected chi connectivity index (χ4v) is 6.62. The van der Waals surface area contributed by atoms with E-state index in [0.717, 1.165) is 28.6 Å². The number of unbranched alkanes of at least 4 members (excludes halogenated alkanes) is 1. The number of amides is 2. The molecule has 12 heteroatoms. The monoisotopic (exact) mass is 729 g/mol. The molecule has 7 nitrogen and oxygen atoms in total. The molecule has 0 spiro atoms. The normalized spacial score (nSPS) is 12.3. The predicted octanol–water partition coefficient (Wildman–Crippen LogP) is 7.22. The summed E-state index contributed by atoms with van der Waals surface area (Å²) in [6, 6.07) is 26.1. The number of benzene rings is 4. The maximum Gasteiger partial charge on any atom is 0.416 e. The van der Waals surface area contributed by atoms with Crippen LogP contribution in [0.2, 0.25) is 0 Å². The van der Waals surface area contributed by atoms with Crippen LogP contribution in [0.3, 0.4) is 0 Å². The Morgan fingerprint density at radius 2 is 1.49 bits per heavy atom. The Morgan fingerprint density at radius 1 is 0.851 bits per heavy atom. The van der Waals surface area contributed by atoms with Gasteiger partial charge in [-0.2, -0.15) is 13.2 Å². The molecule has 0 radical (unpaired) electrons. The van der Waals surface area contributed by atoms with Crippen molar-refractivity contribution in [2.24, 2.45) is 0 Å². The Hall–Kier alpha value is -4.16. The SMILES string of the molecule is CCCCNC(=O)C(Cc1ccccc1)N(Cc1ccc(Br)cc1)C(=O)CN(c1cccc(C(F)(F)F)c1)S(=O)(=O)c1ccccc1. The van der Waals surface area contributed by atoms with Crippen molar-refractivity contribution in [3.05, 3.63) is 130 Å². The van der Waals surface area contributed by atoms with Crippen molar-refractivity contribution in [2.45, 2.75) is 49.8 Å². The highest BCUT2D eigenvalue weighted by molar-refractivity contribution is 9.10. The average molecular weight is 731 g/mol. The summed E-state index contributed by atoms with van der Waals surface area (Å²) in [6.45, 7) is 1.43. The molecule has 1 unspecified atom stereocenters. The molecule has 4 aromatic rings. The zero-order valence-corrected chi connectivity index (χ0v) is 28.1. The molecule has 4 aromatic carbocycles. The molecule has 0 bridgehead atoms. The number of nitrogens with zero attached hydrogens (tertiary/aromatic N) is 2. The third-order valence-corrected chi connectivity index (χ3v) is 9.76. The van der Waals surface area contributed by atoms with Gasteiger partial charge in [0.2, 0.25) is 11.8 Å². The van der Waals surface area contributed by atoms with Crippen LogP contribution in [0, 0.1) is 0 Å².